The SMILES string of the molecule is O=C(c1ccc(C(F)(F)F)nc1Cl)C1CCCS1. The van der Waals surface area contributed by atoms with Crippen molar-refractivity contribution >= 4 is 29.1 Å². The van der Waals surface area contributed by atoms with Gasteiger partial charge >= 0.3 is 6.18 Å². The molecular weight excluding hydrogens is 287 g/mol. The third-order valence-corrected chi connectivity index (χ3v) is 4.29. The number of pyridine rings is 1. The van der Waals surface area contributed by atoms with Crippen LogP contribution in [0.4, 0.5) is 13.2 Å². The average molecular weight is 296 g/mol. The Kier molecular flexibility index (Phi) is 3.87. The normalized spacial score (nSPS) is 20.1. The molecule has 2 nitrogen and oxygen atoms in total. The second-order valence-electron chi connectivity index (χ2n) is 3.90. The van der Waals surface area contributed by atoms with Gasteiger partial charge in [0.2, 0.25) is 0 Å². The van der Waals surface area contributed by atoms with Crippen molar-refractivity contribution in [3.05, 3.63) is 28.5 Å². The molecule has 1 aromatic rings. The summed E-state index contributed by atoms with van der Waals surface area (Å²) in [6, 6.07) is 1.90. The van der Waals surface area contributed by atoms with E-state index in [-0.39, 0.29) is 21.7 Å². The van der Waals surface area contributed by atoms with Crippen molar-refractivity contribution in [2.24, 2.45) is 0 Å². The van der Waals surface area contributed by atoms with Crippen molar-refractivity contribution in [1.29, 1.82) is 0 Å². The topological polar surface area (TPSA) is 30.0 Å². The number of thioether (sulfide) groups is 1. The lowest BCUT2D eigenvalue weighted by molar-refractivity contribution is -0.141. The van der Waals surface area contributed by atoms with Gasteiger partial charge in [-0.1, -0.05) is 11.6 Å². The summed E-state index contributed by atoms with van der Waals surface area (Å²) in [6.07, 6.45) is -2.87. The van der Waals surface area contributed by atoms with Crippen LogP contribution < -0.4 is 0 Å². The second kappa shape index (κ2) is 5.09. The Morgan fingerprint density at radius 1 is 1.44 bits per heavy atom. The second-order valence-corrected chi connectivity index (χ2v) is 5.57. The zero-order valence-corrected chi connectivity index (χ0v) is 10.7. The monoisotopic (exact) mass is 295 g/mol. The highest BCUT2D eigenvalue weighted by Gasteiger charge is 2.34. The van der Waals surface area contributed by atoms with Gasteiger partial charge in [0.15, 0.2) is 5.78 Å². The van der Waals surface area contributed by atoms with Crippen LogP contribution >= 0.6 is 23.4 Å². The van der Waals surface area contributed by atoms with Crippen molar-refractivity contribution in [3.63, 3.8) is 0 Å². The van der Waals surface area contributed by atoms with Crippen LogP contribution in [0.2, 0.25) is 5.15 Å². The van der Waals surface area contributed by atoms with Gasteiger partial charge in [0.05, 0.1) is 10.8 Å². The fraction of sp³-hybridized carbons (Fsp3) is 0.455. The molecule has 0 amide bonds. The number of carbonyl (C=O) groups excluding carboxylic acids is 1. The van der Waals surface area contributed by atoms with Gasteiger partial charge < -0.3 is 0 Å². The van der Waals surface area contributed by atoms with Crippen LogP contribution in [0.3, 0.4) is 0 Å². The molecule has 1 atom stereocenters. The molecule has 1 aromatic heterocycles. The largest absolute Gasteiger partial charge is 0.433 e. The molecule has 1 fully saturated rings. The van der Waals surface area contributed by atoms with Crippen molar-refractivity contribution in [2.45, 2.75) is 24.3 Å². The summed E-state index contributed by atoms with van der Waals surface area (Å²) in [6.45, 7) is 0. The first-order valence-corrected chi connectivity index (χ1v) is 6.72. The Bertz CT molecular complexity index is 472. The predicted molar refractivity (Wildman–Crippen MR) is 64.1 cm³/mol. The molecule has 1 aliphatic heterocycles. The molecule has 0 N–H and O–H groups in total. The summed E-state index contributed by atoms with van der Waals surface area (Å²) in [5.74, 6) is 0.658. The summed E-state index contributed by atoms with van der Waals surface area (Å²) in [5.41, 5.74) is -1.01. The Morgan fingerprint density at radius 2 is 2.17 bits per heavy atom. The van der Waals surface area contributed by atoms with Crippen LogP contribution in [0.15, 0.2) is 12.1 Å². The maximum Gasteiger partial charge on any atom is 0.433 e. The van der Waals surface area contributed by atoms with E-state index in [9.17, 15) is 18.0 Å². The summed E-state index contributed by atoms with van der Waals surface area (Å²) in [5, 5.41) is -0.580. The van der Waals surface area contributed by atoms with Crippen LogP contribution in [0.25, 0.3) is 0 Å². The third-order valence-electron chi connectivity index (χ3n) is 2.63. The van der Waals surface area contributed by atoms with Crippen LogP contribution in [0.5, 0.6) is 0 Å². The van der Waals surface area contributed by atoms with E-state index in [2.05, 4.69) is 4.98 Å². The molecule has 1 saturated heterocycles. The highest BCUT2D eigenvalue weighted by Crippen LogP contribution is 2.33. The number of rotatable bonds is 2. The van der Waals surface area contributed by atoms with E-state index in [4.69, 9.17) is 11.6 Å². The summed E-state index contributed by atoms with van der Waals surface area (Å²) < 4.78 is 37.2. The molecule has 0 aromatic carbocycles. The molecule has 1 aliphatic rings. The Hall–Kier alpha value is -0.750. The number of hydrogen-bond donors (Lipinski definition) is 0. The molecule has 0 spiro atoms. The number of carbonyl (C=O) groups is 1. The first-order chi connectivity index (χ1) is 8.39. The highest BCUT2D eigenvalue weighted by molar-refractivity contribution is 8.00. The van der Waals surface area contributed by atoms with Gasteiger partial charge in [-0.25, -0.2) is 4.98 Å². The van der Waals surface area contributed by atoms with Crippen molar-refractivity contribution in [1.82, 2.24) is 4.98 Å². The summed E-state index contributed by atoms with van der Waals surface area (Å²) in [7, 11) is 0. The minimum Gasteiger partial charge on any atom is -0.293 e. The Morgan fingerprint density at radius 3 is 2.67 bits per heavy atom. The molecule has 2 heterocycles. The molecule has 0 bridgehead atoms. The zero-order chi connectivity index (χ0) is 13.3. The fourth-order valence-corrected chi connectivity index (χ4v) is 3.21. The Balaban J connectivity index is 2.27. The molecular formula is C11H9ClF3NOS. The smallest absolute Gasteiger partial charge is 0.293 e. The summed E-state index contributed by atoms with van der Waals surface area (Å²) >= 11 is 7.17. The van der Waals surface area contributed by atoms with Gasteiger partial charge in [-0.15, -0.1) is 0 Å². The van der Waals surface area contributed by atoms with E-state index in [1.165, 1.54) is 11.8 Å². The number of alkyl halides is 3. The van der Waals surface area contributed by atoms with Crippen molar-refractivity contribution in [3.8, 4) is 0 Å². The lowest BCUT2D eigenvalue weighted by Crippen LogP contribution is -2.16. The van der Waals surface area contributed by atoms with E-state index in [1.807, 2.05) is 0 Å². The van der Waals surface area contributed by atoms with Gasteiger partial charge in [0, 0.05) is 0 Å². The van der Waals surface area contributed by atoms with Crippen LogP contribution in [-0.2, 0) is 6.18 Å². The first kappa shape index (κ1) is 13.7. The minimum atomic E-state index is -4.55. The number of aromatic nitrogens is 1. The van der Waals surface area contributed by atoms with Crippen LogP contribution in [-0.4, -0.2) is 21.8 Å². The molecule has 0 radical (unpaired) electrons. The number of ketones is 1. The maximum atomic E-state index is 12.4. The molecule has 0 saturated carbocycles. The highest BCUT2D eigenvalue weighted by atomic mass is 35.5. The lowest BCUT2D eigenvalue weighted by Gasteiger charge is -2.11. The van der Waals surface area contributed by atoms with E-state index >= 15 is 0 Å². The maximum absolute atomic E-state index is 12.4. The summed E-state index contributed by atoms with van der Waals surface area (Å²) in [4.78, 5) is 15.2. The van der Waals surface area contributed by atoms with E-state index in [0.29, 0.717) is 0 Å². The van der Waals surface area contributed by atoms with Crippen molar-refractivity contribution in [2.75, 3.05) is 5.75 Å². The predicted octanol–water partition coefficient (Wildman–Crippen LogP) is 3.83. The van der Waals surface area contributed by atoms with Gasteiger partial charge in [0.1, 0.15) is 10.8 Å². The number of halogens is 4. The van der Waals surface area contributed by atoms with Gasteiger partial charge in [-0.05, 0) is 30.7 Å². The molecule has 1 unspecified atom stereocenters. The van der Waals surface area contributed by atoms with Crippen molar-refractivity contribution < 1.29 is 18.0 Å². The molecule has 7 heteroatoms. The van der Waals surface area contributed by atoms with Crippen LogP contribution in [0, 0.1) is 0 Å². The minimum absolute atomic E-state index is 0.0732. The van der Waals surface area contributed by atoms with Crippen LogP contribution in [0.1, 0.15) is 28.9 Å². The third kappa shape index (κ3) is 2.80. The zero-order valence-electron chi connectivity index (χ0n) is 9.13. The van der Waals surface area contributed by atoms with E-state index in [0.717, 1.165) is 30.7 Å². The number of Topliss-reactive ketones (excluding diaryl/α,β-unsaturated/α-hetero) is 1. The standard InChI is InChI=1S/C11H9ClF3NOS/c12-10-6(9(17)7-2-1-5-18-7)3-4-8(16-10)11(13,14)15/h3-4,7H,1-2,5H2. The molecule has 0 aliphatic carbocycles. The van der Waals surface area contributed by atoms with E-state index < -0.39 is 11.9 Å². The molecule has 2 rings (SSSR count). The first-order valence-electron chi connectivity index (χ1n) is 5.29. The average Bonchev–Trinajstić information content (AvgIpc) is 2.80. The fourth-order valence-electron chi connectivity index (χ4n) is 1.73. The Labute approximate surface area is 111 Å². The lowest BCUT2D eigenvalue weighted by atomic mass is 10.1. The van der Waals surface area contributed by atoms with E-state index in [1.54, 1.807) is 0 Å². The number of nitrogens with zero attached hydrogens (tertiary/aromatic N) is 1. The molecule has 98 valence electrons. The quantitative estimate of drug-likeness (QED) is 0.613. The number of hydrogen-bond acceptors (Lipinski definition) is 3. The van der Waals surface area contributed by atoms with Gasteiger partial charge in [-0.3, -0.25) is 4.79 Å². The van der Waals surface area contributed by atoms with Gasteiger partial charge in [-0.2, -0.15) is 24.9 Å². The molecule has 18 heavy (non-hydrogen) atoms. The van der Waals surface area contributed by atoms with Gasteiger partial charge in [0.25, 0.3) is 0 Å².